The van der Waals surface area contributed by atoms with Gasteiger partial charge in [0.15, 0.2) is 0 Å². The van der Waals surface area contributed by atoms with E-state index in [4.69, 9.17) is 9.47 Å². The van der Waals surface area contributed by atoms with Crippen LogP contribution in [0.15, 0.2) is 35.6 Å². The van der Waals surface area contributed by atoms with Crippen LogP contribution in [0.2, 0.25) is 0 Å². The third kappa shape index (κ3) is 2.04. The minimum absolute atomic E-state index is 0.0901. The number of aliphatic hydroxyl groups is 1. The normalized spacial score (nSPS) is 26.7. The zero-order valence-corrected chi connectivity index (χ0v) is 15.0. The molecule has 1 aromatic carbocycles. The Balaban J connectivity index is 1.63. The first-order valence-corrected chi connectivity index (χ1v) is 9.44. The van der Waals surface area contributed by atoms with Gasteiger partial charge >= 0.3 is 0 Å². The molecule has 2 unspecified atom stereocenters. The van der Waals surface area contributed by atoms with E-state index < -0.39 is 11.5 Å². The van der Waals surface area contributed by atoms with Gasteiger partial charge < -0.3 is 19.5 Å². The third-order valence-corrected chi connectivity index (χ3v) is 6.03. The number of allylic oxidation sites excluding steroid dienone is 2. The fraction of sp³-hybridized carbons (Fsp3) is 0.476. The van der Waals surface area contributed by atoms with Gasteiger partial charge in [-0.25, -0.2) is 0 Å². The van der Waals surface area contributed by atoms with Gasteiger partial charge in [-0.3, -0.25) is 4.79 Å². The second kappa shape index (κ2) is 5.61. The van der Waals surface area contributed by atoms with Crippen LogP contribution >= 0.6 is 0 Å². The average Bonchev–Trinajstić information content (AvgIpc) is 3.29. The minimum atomic E-state index is -0.703. The summed E-state index contributed by atoms with van der Waals surface area (Å²) >= 11 is 0. The van der Waals surface area contributed by atoms with Crippen molar-refractivity contribution in [3.63, 3.8) is 0 Å². The van der Waals surface area contributed by atoms with Crippen molar-refractivity contribution >= 4 is 5.91 Å². The molecule has 3 aliphatic heterocycles. The van der Waals surface area contributed by atoms with Crippen molar-refractivity contribution in [1.82, 2.24) is 4.90 Å². The number of hydrogen-bond donors (Lipinski definition) is 1. The van der Waals surface area contributed by atoms with Crippen LogP contribution in [0.1, 0.15) is 37.3 Å². The zero-order valence-electron chi connectivity index (χ0n) is 15.0. The lowest BCUT2D eigenvalue weighted by molar-refractivity contribution is -0.132. The molecule has 3 heterocycles. The van der Waals surface area contributed by atoms with Crippen molar-refractivity contribution in [2.24, 2.45) is 0 Å². The Morgan fingerprint density at radius 2 is 2.15 bits per heavy atom. The molecule has 2 atom stereocenters. The number of hydrogen-bond acceptors (Lipinski definition) is 4. The largest absolute Gasteiger partial charge is 0.493 e. The van der Waals surface area contributed by atoms with Gasteiger partial charge in [-0.05, 0) is 49.5 Å². The van der Waals surface area contributed by atoms with E-state index in [0.717, 1.165) is 47.6 Å². The number of ether oxygens (including phenoxy) is 2. The summed E-state index contributed by atoms with van der Waals surface area (Å²) in [6.45, 7) is 3.35. The van der Waals surface area contributed by atoms with Crippen LogP contribution in [0.5, 0.6) is 11.5 Å². The number of carbonyl (C=O) groups is 1. The van der Waals surface area contributed by atoms with E-state index in [9.17, 15) is 9.90 Å². The first-order valence-electron chi connectivity index (χ1n) is 9.44. The van der Waals surface area contributed by atoms with Crippen LogP contribution in [-0.4, -0.2) is 41.8 Å². The van der Waals surface area contributed by atoms with E-state index >= 15 is 0 Å². The van der Waals surface area contributed by atoms with Gasteiger partial charge in [0.25, 0.3) is 0 Å². The molecule has 5 rings (SSSR count). The zero-order chi connectivity index (χ0) is 17.9. The molecule has 0 bridgehead atoms. The van der Waals surface area contributed by atoms with Crippen LogP contribution in [0.25, 0.3) is 0 Å². The molecule has 26 heavy (non-hydrogen) atoms. The molecule has 1 aromatic rings. The molecule has 0 saturated carbocycles. The Labute approximate surface area is 152 Å². The molecule has 0 saturated heterocycles. The number of aliphatic hydroxyl groups excluding tert-OH is 1. The van der Waals surface area contributed by atoms with Crippen molar-refractivity contribution in [3.8, 4) is 11.5 Å². The summed E-state index contributed by atoms with van der Waals surface area (Å²) in [4.78, 5) is 15.5. The molecule has 1 spiro atoms. The van der Waals surface area contributed by atoms with Gasteiger partial charge in [-0.2, -0.15) is 0 Å². The second-order valence-electron chi connectivity index (χ2n) is 7.65. The molecule has 5 heteroatoms. The quantitative estimate of drug-likeness (QED) is 0.907. The summed E-state index contributed by atoms with van der Waals surface area (Å²) in [5.41, 5.74) is 3.64. The highest BCUT2D eigenvalue weighted by atomic mass is 16.5. The standard InChI is InChI=1S/C21H23NO4/c1-13(23)6-8-22-17-5-3-2-4-15(17)21(20(22)24)12-26-19-11-18-14(7-9-25-18)10-16(19)21/h3,5,10-11,13,23H,2,4,6-9,12H2,1H3. The highest BCUT2D eigenvalue weighted by Crippen LogP contribution is 2.54. The predicted molar refractivity (Wildman–Crippen MR) is 96.2 cm³/mol. The molecule has 1 aliphatic carbocycles. The van der Waals surface area contributed by atoms with Crippen molar-refractivity contribution < 1.29 is 19.4 Å². The number of carbonyl (C=O) groups excluding carboxylic acids is 1. The Morgan fingerprint density at radius 1 is 1.27 bits per heavy atom. The molecule has 0 radical (unpaired) electrons. The molecular weight excluding hydrogens is 330 g/mol. The summed E-state index contributed by atoms with van der Waals surface area (Å²) in [6.07, 6.45) is 7.04. The molecule has 0 aromatic heterocycles. The predicted octanol–water partition coefficient (Wildman–Crippen LogP) is 2.47. The van der Waals surface area contributed by atoms with Crippen molar-refractivity contribution in [3.05, 3.63) is 46.7 Å². The lowest BCUT2D eigenvalue weighted by Crippen LogP contribution is -2.42. The number of nitrogens with zero attached hydrogens (tertiary/aromatic N) is 1. The van der Waals surface area contributed by atoms with Crippen molar-refractivity contribution in [2.45, 2.75) is 44.1 Å². The monoisotopic (exact) mass is 353 g/mol. The number of fused-ring (bicyclic) bond motifs is 4. The number of rotatable bonds is 3. The van der Waals surface area contributed by atoms with E-state index in [1.165, 1.54) is 5.57 Å². The molecule has 136 valence electrons. The number of benzene rings is 1. The van der Waals surface area contributed by atoms with E-state index in [-0.39, 0.29) is 5.91 Å². The van der Waals surface area contributed by atoms with Crippen LogP contribution in [0.3, 0.4) is 0 Å². The second-order valence-corrected chi connectivity index (χ2v) is 7.65. The molecule has 5 nitrogen and oxygen atoms in total. The summed E-state index contributed by atoms with van der Waals surface area (Å²) in [7, 11) is 0. The van der Waals surface area contributed by atoms with Gasteiger partial charge in [0.2, 0.25) is 5.91 Å². The Bertz CT molecular complexity index is 854. The molecule has 1 amide bonds. The first-order chi connectivity index (χ1) is 12.6. The minimum Gasteiger partial charge on any atom is -0.493 e. The average molecular weight is 353 g/mol. The molecule has 1 N–H and O–H groups in total. The third-order valence-electron chi connectivity index (χ3n) is 6.03. The summed E-state index contributed by atoms with van der Waals surface area (Å²) in [5, 5.41) is 9.70. The lowest BCUT2D eigenvalue weighted by atomic mass is 9.73. The van der Waals surface area contributed by atoms with Crippen LogP contribution in [0.4, 0.5) is 0 Å². The number of amides is 1. The topological polar surface area (TPSA) is 59.0 Å². The fourth-order valence-electron chi connectivity index (χ4n) is 4.69. The van der Waals surface area contributed by atoms with Gasteiger partial charge in [0, 0.05) is 30.3 Å². The van der Waals surface area contributed by atoms with Gasteiger partial charge in [0.05, 0.1) is 12.7 Å². The van der Waals surface area contributed by atoms with Crippen LogP contribution < -0.4 is 9.47 Å². The fourth-order valence-corrected chi connectivity index (χ4v) is 4.69. The summed E-state index contributed by atoms with van der Waals surface area (Å²) in [5.74, 6) is 1.75. The van der Waals surface area contributed by atoms with Gasteiger partial charge in [-0.15, -0.1) is 0 Å². The highest BCUT2D eigenvalue weighted by molar-refractivity contribution is 5.99. The van der Waals surface area contributed by atoms with Crippen LogP contribution in [0, 0.1) is 0 Å². The van der Waals surface area contributed by atoms with Gasteiger partial charge in [0.1, 0.15) is 23.5 Å². The maximum Gasteiger partial charge on any atom is 0.245 e. The van der Waals surface area contributed by atoms with E-state index in [0.29, 0.717) is 26.2 Å². The Morgan fingerprint density at radius 3 is 3.00 bits per heavy atom. The van der Waals surface area contributed by atoms with Gasteiger partial charge in [-0.1, -0.05) is 6.08 Å². The molecular formula is C21H23NO4. The lowest BCUT2D eigenvalue weighted by Gasteiger charge is -2.26. The van der Waals surface area contributed by atoms with Crippen molar-refractivity contribution in [1.29, 1.82) is 0 Å². The summed E-state index contributed by atoms with van der Waals surface area (Å²) in [6, 6.07) is 4.08. The maximum absolute atomic E-state index is 13.6. The highest BCUT2D eigenvalue weighted by Gasteiger charge is 2.57. The van der Waals surface area contributed by atoms with E-state index in [1.54, 1.807) is 6.92 Å². The molecule has 0 fully saturated rings. The van der Waals surface area contributed by atoms with Crippen LogP contribution in [-0.2, 0) is 16.6 Å². The van der Waals surface area contributed by atoms with E-state index in [2.05, 4.69) is 18.2 Å². The Hall–Kier alpha value is -2.27. The Kier molecular flexibility index (Phi) is 3.44. The smallest absolute Gasteiger partial charge is 0.245 e. The SMILES string of the molecule is CC(O)CCN1C(=O)C2(COc3cc4c(cc32)CCO4)C2=C1C=CCC2. The molecule has 4 aliphatic rings. The first kappa shape index (κ1) is 15.9. The van der Waals surface area contributed by atoms with Crippen molar-refractivity contribution in [2.75, 3.05) is 19.8 Å². The maximum atomic E-state index is 13.6. The summed E-state index contributed by atoms with van der Waals surface area (Å²) < 4.78 is 11.7. The van der Waals surface area contributed by atoms with E-state index in [1.807, 2.05) is 11.0 Å².